The quantitative estimate of drug-likeness (QED) is 0.709. The van der Waals surface area contributed by atoms with Crippen LogP contribution in [0, 0.1) is 17.2 Å². The van der Waals surface area contributed by atoms with E-state index in [4.69, 9.17) is 5.26 Å². The Bertz CT molecular complexity index is 305. The summed E-state index contributed by atoms with van der Waals surface area (Å²) in [6.07, 6.45) is 7.80. The first-order valence-electron chi connectivity index (χ1n) is 7.43. The number of carbonyl (C=O) groups excluding carboxylic acids is 1. The second-order valence-corrected chi connectivity index (χ2v) is 5.74. The first-order valence-corrected chi connectivity index (χ1v) is 7.43. The van der Waals surface area contributed by atoms with Crippen molar-refractivity contribution in [3.8, 4) is 6.07 Å². The second kappa shape index (κ2) is 8.92. The highest BCUT2D eigenvalue weighted by Gasteiger charge is 2.16. The average molecular weight is 265 g/mol. The molecule has 0 N–H and O–H groups in total. The minimum absolute atomic E-state index is 0.144. The van der Waals surface area contributed by atoms with Crippen LogP contribution in [0.25, 0.3) is 0 Å². The molecule has 108 valence electrons. The lowest BCUT2D eigenvalue weighted by Gasteiger charge is -2.27. The van der Waals surface area contributed by atoms with Gasteiger partial charge in [-0.3, -0.25) is 4.79 Å². The van der Waals surface area contributed by atoms with Gasteiger partial charge in [0.2, 0.25) is 5.91 Å². The summed E-state index contributed by atoms with van der Waals surface area (Å²) in [6.45, 7) is 2.49. The maximum atomic E-state index is 11.8. The van der Waals surface area contributed by atoms with Crippen LogP contribution < -0.4 is 0 Å². The number of hydrogen-bond donors (Lipinski definition) is 0. The zero-order chi connectivity index (χ0) is 14.1. The van der Waals surface area contributed by atoms with Crippen molar-refractivity contribution < 1.29 is 4.79 Å². The lowest BCUT2D eigenvalue weighted by atomic mass is 9.89. The van der Waals surface area contributed by atoms with Crippen LogP contribution in [0.1, 0.15) is 44.9 Å². The third kappa shape index (κ3) is 6.58. The molecule has 0 aromatic heterocycles. The summed E-state index contributed by atoms with van der Waals surface area (Å²) in [6, 6.07) is 2.07. The van der Waals surface area contributed by atoms with Crippen LogP contribution in [0.4, 0.5) is 0 Å². The molecule has 0 saturated heterocycles. The molecule has 1 aliphatic rings. The van der Waals surface area contributed by atoms with Crippen molar-refractivity contribution in [2.24, 2.45) is 5.92 Å². The topological polar surface area (TPSA) is 47.3 Å². The Balaban J connectivity index is 2.16. The molecule has 1 saturated carbocycles. The number of rotatable bonds is 7. The van der Waals surface area contributed by atoms with Gasteiger partial charge in [-0.2, -0.15) is 5.26 Å². The third-order valence-corrected chi connectivity index (χ3v) is 3.99. The Morgan fingerprint density at radius 2 is 1.89 bits per heavy atom. The van der Waals surface area contributed by atoms with Gasteiger partial charge in [0.25, 0.3) is 0 Å². The van der Waals surface area contributed by atoms with Gasteiger partial charge in [-0.15, -0.1) is 0 Å². The highest BCUT2D eigenvalue weighted by Crippen LogP contribution is 2.24. The van der Waals surface area contributed by atoms with Gasteiger partial charge in [-0.1, -0.05) is 19.3 Å². The smallest absolute Gasteiger partial charge is 0.223 e. The molecule has 1 aliphatic carbocycles. The normalized spacial score (nSPS) is 16.3. The molecule has 1 amide bonds. The van der Waals surface area contributed by atoms with E-state index in [0.29, 0.717) is 19.4 Å². The van der Waals surface area contributed by atoms with Crippen molar-refractivity contribution in [3.63, 3.8) is 0 Å². The summed E-state index contributed by atoms with van der Waals surface area (Å²) < 4.78 is 0. The number of nitriles is 1. The zero-order valence-corrected chi connectivity index (χ0v) is 12.4. The van der Waals surface area contributed by atoms with Gasteiger partial charge in [0.15, 0.2) is 0 Å². The molecule has 4 heteroatoms. The molecule has 4 nitrogen and oxygen atoms in total. The summed E-state index contributed by atoms with van der Waals surface area (Å²) in [5, 5.41) is 8.50. The molecular formula is C15H27N3O. The van der Waals surface area contributed by atoms with Crippen LogP contribution in [0.15, 0.2) is 0 Å². The fourth-order valence-electron chi connectivity index (χ4n) is 2.72. The van der Waals surface area contributed by atoms with E-state index in [-0.39, 0.29) is 5.91 Å². The highest BCUT2D eigenvalue weighted by atomic mass is 16.2. The monoisotopic (exact) mass is 265 g/mol. The van der Waals surface area contributed by atoms with Gasteiger partial charge in [0.05, 0.1) is 12.5 Å². The number of amides is 1. The summed E-state index contributed by atoms with van der Waals surface area (Å²) >= 11 is 0. The van der Waals surface area contributed by atoms with Gasteiger partial charge in [0.1, 0.15) is 0 Å². The van der Waals surface area contributed by atoms with E-state index in [1.165, 1.54) is 32.1 Å². The fraction of sp³-hybridized carbons (Fsp3) is 0.867. The largest absolute Gasteiger partial charge is 0.345 e. The van der Waals surface area contributed by atoms with E-state index in [0.717, 1.165) is 19.0 Å². The highest BCUT2D eigenvalue weighted by molar-refractivity contribution is 5.76. The number of nitrogens with zero attached hydrogens (tertiary/aromatic N) is 3. The standard InChI is InChI=1S/C15H27N3O/c1-17(13-14-7-4-3-5-8-14)12-9-15(19)18(2)11-6-10-16/h14H,3-9,11-13H2,1-2H3. The summed E-state index contributed by atoms with van der Waals surface area (Å²) in [7, 11) is 3.89. The van der Waals surface area contributed by atoms with Crippen molar-refractivity contribution >= 4 is 5.91 Å². The fourth-order valence-corrected chi connectivity index (χ4v) is 2.72. The van der Waals surface area contributed by atoms with Crippen LogP contribution in [0.3, 0.4) is 0 Å². The lowest BCUT2D eigenvalue weighted by Crippen LogP contribution is -2.33. The second-order valence-electron chi connectivity index (χ2n) is 5.74. The van der Waals surface area contributed by atoms with Crippen molar-refractivity contribution in [1.82, 2.24) is 9.80 Å². The Kier molecular flexibility index (Phi) is 7.50. The summed E-state index contributed by atoms with van der Waals surface area (Å²) in [5.74, 6) is 0.968. The Hall–Kier alpha value is -1.08. The van der Waals surface area contributed by atoms with Gasteiger partial charge in [0, 0.05) is 33.1 Å². The molecule has 1 fully saturated rings. The van der Waals surface area contributed by atoms with Crippen LogP contribution in [-0.2, 0) is 4.79 Å². The average Bonchev–Trinajstić information content (AvgIpc) is 2.43. The SMILES string of the molecule is CN(CCC(=O)N(C)CCC#N)CC1CCCCC1. The first kappa shape index (κ1) is 16.0. The molecule has 0 heterocycles. The van der Waals surface area contributed by atoms with Gasteiger partial charge < -0.3 is 9.80 Å². The van der Waals surface area contributed by atoms with E-state index in [9.17, 15) is 4.79 Å². The maximum Gasteiger partial charge on any atom is 0.223 e. The van der Waals surface area contributed by atoms with Crippen molar-refractivity contribution in [2.75, 3.05) is 33.7 Å². The molecule has 0 atom stereocenters. The molecule has 19 heavy (non-hydrogen) atoms. The number of hydrogen-bond acceptors (Lipinski definition) is 3. The summed E-state index contributed by atoms with van der Waals surface area (Å²) in [5.41, 5.74) is 0. The summed E-state index contributed by atoms with van der Waals surface area (Å²) in [4.78, 5) is 15.8. The molecule has 0 radical (unpaired) electrons. The predicted octanol–water partition coefficient (Wildman–Crippen LogP) is 2.26. The number of carbonyl (C=O) groups is 1. The third-order valence-electron chi connectivity index (χ3n) is 3.99. The van der Waals surface area contributed by atoms with E-state index < -0.39 is 0 Å². The van der Waals surface area contributed by atoms with Gasteiger partial charge in [-0.25, -0.2) is 0 Å². The molecule has 0 spiro atoms. The van der Waals surface area contributed by atoms with E-state index in [1.807, 2.05) is 0 Å². The van der Waals surface area contributed by atoms with E-state index in [2.05, 4.69) is 18.0 Å². The lowest BCUT2D eigenvalue weighted by molar-refractivity contribution is -0.130. The maximum absolute atomic E-state index is 11.8. The van der Waals surface area contributed by atoms with Crippen molar-refractivity contribution in [1.29, 1.82) is 5.26 Å². The first-order chi connectivity index (χ1) is 9.13. The minimum atomic E-state index is 0.144. The Morgan fingerprint density at radius 1 is 1.21 bits per heavy atom. The van der Waals surface area contributed by atoms with Crippen molar-refractivity contribution in [3.05, 3.63) is 0 Å². The molecule has 0 aromatic rings. The van der Waals surface area contributed by atoms with Crippen LogP contribution in [0.2, 0.25) is 0 Å². The predicted molar refractivity (Wildman–Crippen MR) is 76.6 cm³/mol. The molecule has 0 bridgehead atoms. The van der Waals surface area contributed by atoms with Crippen LogP contribution in [0.5, 0.6) is 0 Å². The molecular weight excluding hydrogens is 238 g/mol. The van der Waals surface area contributed by atoms with E-state index in [1.54, 1.807) is 11.9 Å². The molecule has 1 rings (SSSR count). The molecule has 0 aliphatic heterocycles. The molecule has 0 aromatic carbocycles. The Morgan fingerprint density at radius 3 is 2.53 bits per heavy atom. The Labute approximate surface area is 117 Å². The zero-order valence-electron chi connectivity index (χ0n) is 12.4. The van der Waals surface area contributed by atoms with Crippen LogP contribution in [-0.4, -0.2) is 49.4 Å². The molecule has 0 unspecified atom stereocenters. The minimum Gasteiger partial charge on any atom is -0.345 e. The van der Waals surface area contributed by atoms with Gasteiger partial charge >= 0.3 is 0 Å². The van der Waals surface area contributed by atoms with Crippen LogP contribution >= 0.6 is 0 Å². The van der Waals surface area contributed by atoms with Gasteiger partial charge in [-0.05, 0) is 25.8 Å². The van der Waals surface area contributed by atoms with Crippen molar-refractivity contribution in [2.45, 2.75) is 44.9 Å². The van der Waals surface area contributed by atoms with E-state index >= 15 is 0 Å².